The van der Waals surface area contributed by atoms with E-state index in [0.717, 1.165) is 64.2 Å². The van der Waals surface area contributed by atoms with E-state index in [-0.39, 0.29) is 24.5 Å². The summed E-state index contributed by atoms with van der Waals surface area (Å²) >= 11 is 0. The number of allylic oxidation sites excluding steroid dienone is 3. The molecule has 0 aromatic carbocycles. The molecular weight excluding hydrogens is 586 g/mol. The molecule has 274 valence electrons. The van der Waals surface area contributed by atoms with Gasteiger partial charge in [0, 0.05) is 12.8 Å². The fourth-order valence-electron chi connectivity index (χ4n) is 5.83. The molecule has 0 aliphatic heterocycles. The molecule has 0 aromatic rings. The Morgan fingerprint density at radius 3 is 1.49 bits per heavy atom. The first-order valence-corrected chi connectivity index (χ1v) is 20.0. The highest BCUT2D eigenvalue weighted by Crippen LogP contribution is 2.16. The Balaban J connectivity index is 4.17. The summed E-state index contributed by atoms with van der Waals surface area (Å²) < 4.78 is 5.93. The highest BCUT2D eigenvalue weighted by molar-refractivity contribution is 5.80. The van der Waals surface area contributed by atoms with Crippen molar-refractivity contribution in [2.75, 3.05) is 6.54 Å². The largest absolute Gasteiger partial charge is 0.480 e. The molecule has 6 nitrogen and oxygen atoms in total. The lowest BCUT2D eigenvalue weighted by Gasteiger charge is -2.15. The molecular formula is C41H75NO5. The van der Waals surface area contributed by atoms with E-state index in [0.29, 0.717) is 12.8 Å². The van der Waals surface area contributed by atoms with Crippen molar-refractivity contribution in [3.63, 3.8) is 0 Å². The second-order valence-corrected chi connectivity index (χ2v) is 13.5. The number of carboxylic acid groups (broad SMARTS) is 1. The van der Waals surface area contributed by atoms with Crippen LogP contribution in [0.1, 0.15) is 206 Å². The molecule has 1 unspecified atom stereocenters. The number of hydrogen-bond donors (Lipinski definition) is 2. The molecule has 0 aromatic heterocycles. The Hall–Kier alpha value is -2.11. The van der Waals surface area contributed by atoms with E-state index >= 15 is 0 Å². The van der Waals surface area contributed by atoms with Gasteiger partial charge in [-0.1, -0.05) is 148 Å². The van der Waals surface area contributed by atoms with Crippen LogP contribution >= 0.6 is 0 Å². The number of unbranched alkanes of at least 4 members (excludes halogenated alkanes) is 23. The smallest absolute Gasteiger partial charge is 0.322 e. The average Bonchev–Trinajstić information content (AvgIpc) is 3.05. The number of carbonyl (C=O) groups is 3. The summed E-state index contributed by atoms with van der Waals surface area (Å²) in [5.74, 6) is -1.27. The number of ether oxygens (including phenoxy) is 1. The van der Waals surface area contributed by atoms with E-state index in [1.165, 1.54) is 116 Å². The summed E-state index contributed by atoms with van der Waals surface area (Å²) in [6.07, 6.45) is 43.1. The number of carboxylic acids is 1. The molecule has 0 aliphatic carbocycles. The van der Waals surface area contributed by atoms with Gasteiger partial charge in [0.05, 0.1) is 0 Å². The van der Waals surface area contributed by atoms with Gasteiger partial charge in [0.2, 0.25) is 5.91 Å². The van der Waals surface area contributed by atoms with Crippen molar-refractivity contribution in [3.05, 3.63) is 24.3 Å². The van der Waals surface area contributed by atoms with Crippen LogP contribution in [0.2, 0.25) is 0 Å². The minimum absolute atomic E-state index is 0.0608. The third kappa shape index (κ3) is 36.6. The van der Waals surface area contributed by atoms with Gasteiger partial charge >= 0.3 is 11.9 Å². The fraction of sp³-hybridized carbons (Fsp3) is 0.829. The normalized spacial score (nSPS) is 12.2. The Bertz CT molecular complexity index is 778. The van der Waals surface area contributed by atoms with Crippen LogP contribution in [-0.2, 0) is 19.1 Å². The van der Waals surface area contributed by atoms with E-state index in [1.54, 1.807) is 0 Å². The minimum Gasteiger partial charge on any atom is -0.480 e. The summed E-state index contributed by atoms with van der Waals surface area (Å²) in [7, 11) is 0. The molecule has 0 fully saturated rings. The van der Waals surface area contributed by atoms with Crippen LogP contribution in [-0.4, -0.2) is 35.6 Å². The summed E-state index contributed by atoms with van der Waals surface area (Å²) in [6.45, 7) is 4.21. The molecule has 6 heteroatoms. The highest BCUT2D eigenvalue weighted by atomic mass is 16.5. The first-order valence-electron chi connectivity index (χ1n) is 20.0. The summed E-state index contributed by atoms with van der Waals surface area (Å²) in [5.41, 5.74) is 0. The van der Waals surface area contributed by atoms with Gasteiger partial charge in [-0.25, -0.2) is 0 Å². The van der Waals surface area contributed by atoms with E-state index in [4.69, 9.17) is 9.84 Å². The van der Waals surface area contributed by atoms with Gasteiger partial charge in [0.25, 0.3) is 0 Å². The molecule has 1 atom stereocenters. The topological polar surface area (TPSA) is 92.7 Å². The lowest BCUT2D eigenvalue weighted by molar-refractivity contribution is -0.147. The van der Waals surface area contributed by atoms with Crippen LogP contribution in [0.5, 0.6) is 0 Å². The molecule has 2 N–H and O–H groups in total. The molecule has 47 heavy (non-hydrogen) atoms. The van der Waals surface area contributed by atoms with Gasteiger partial charge in [-0.2, -0.15) is 0 Å². The van der Waals surface area contributed by atoms with Crippen LogP contribution in [0.4, 0.5) is 0 Å². The number of amides is 1. The number of hydrogen-bond acceptors (Lipinski definition) is 4. The summed E-state index contributed by atoms with van der Waals surface area (Å²) in [5, 5.41) is 11.0. The second kappa shape index (κ2) is 36.7. The first kappa shape index (κ1) is 44.9. The van der Waals surface area contributed by atoms with Crippen molar-refractivity contribution in [1.29, 1.82) is 0 Å². The van der Waals surface area contributed by atoms with Crippen LogP contribution in [0.25, 0.3) is 0 Å². The van der Waals surface area contributed by atoms with Gasteiger partial charge < -0.3 is 15.2 Å². The Morgan fingerprint density at radius 2 is 0.979 bits per heavy atom. The van der Waals surface area contributed by atoms with Crippen molar-refractivity contribution >= 4 is 17.8 Å². The van der Waals surface area contributed by atoms with Crippen molar-refractivity contribution in [2.45, 2.75) is 213 Å². The zero-order chi connectivity index (χ0) is 34.5. The third-order valence-electron chi connectivity index (χ3n) is 8.83. The Morgan fingerprint density at radius 1 is 0.553 bits per heavy atom. The zero-order valence-electron chi connectivity index (χ0n) is 30.9. The molecule has 0 saturated heterocycles. The molecule has 0 aliphatic rings. The average molecular weight is 662 g/mol. The quantitative estimate of drug-likeness (QED) is 0.0396. The van der Waals surface area contributed by atoms with Gasteiger partial charge in [0.15, 0.2) is 0 Å². The van der Waals surface area contributed by atoms with E-state index in [2.05, 4.69) is 43.5 Å². The van der Waals surface area contributed by atoms with Crippen molar-refractivity contribution in [1.82, 2.24) is 5.32 Å². The van der Waals surface area contributed by atoms with Gasteiger partial charge in [-0.3, -0.25) is 14.4 Å². The summed E-state index contributed by atoms with van der Waals surface area (Å²) in [4.78, 5) is 34.8. The molecule has 0 bridgehead atoms. The van der Waals surface area contributed by atoms with Gasteiger partial charge in [0.1, 0.15) is 12.6 Å². The summed E-state index contributed by atoms with van der Waals surface area (Å²) in [6, 6.07) is 0. The van der Waals surface area contributed by atoms with Crippen molar-refractivity contribution < 1.29 is 24.2 Å². The maximum atomic E-state index is 12.7. The van der Waals surface area contributed by atoms with E-state index in [9.17, 15) is 14.4 Å². The Labute approximate surface area is 290 Å². The molecule has 0 heterocycles. The minimum atomic E-state index is -1.02. The van der Waals surface area contributed by atoms with E-state index in [1.807, 2.05) is 0 Å². The molecule has 0 saturated carbocycles. The first-order chi connectivity index (χ1) is 23.0. The number of nitrogens with one attached hydrogen (secondary N) is 1. The fourth-order valence-corrected chi connectivity index (χ4v) is 5.83. The van der Waals surface area contributed by atoms with Crippen LogP contribution in [0.15, 0.2) is 24.3 Å². The van der Waals surface area contributed by atoms with Crippen molar-refractivity contribution in [2.24, 2.45) is 0 Å². The van der Waals surface area contributed by atoms with Gasteiger partial charge in [-0.15, -0.1) is 0 Å². The van der Waals surface area contributed by atoms with E-state index < -0.39 is 5.97 Å². The monoisotopic (exact) mass is 662 g/mol. The lowest BCUT2D eigenvalue weighted by atomic mass is 10.0. The number of rotatable bonds is 36. The lowest BCUT2D eigenvalue weighted by Crippen LogP contribution is -2.28. The van der Waals surface area contributed by atoms with Crippen LogP contribution in [0.3, 0.4) is 0 Å². The maximum Gasteiger partial charge on any atom is 0.322 e. The standard InChI is InChI=1S/C41H75NO5/c1-3-5-7-9-11-13-14-15-16-17-18-20-22-28-32-36-41(46)47-38(33-29-25-21-19-12-10-8-6-4-2)34-30-26-23-24-27-31-35-39(43)42-37-40(44)45/h15-16,29,33,38H,3-14,17-28,30-32,34-37H2,1-2H3,(H,42,43)(H,44,45)/b16-15-,33-29-. The number of carbonyl (C=O) groups excluding carboxylic acids is 2. The predicted octanol–water partition coefficient (Wildman–Crippen LogP) is 12.0. The molecule has 0 rings (SSSR count). The zero-order valence-corrected chi connectivity index (χ0v) is 30.9. The molecule has 1 amide bonds. The molecule has 0 spiro atoms. The maximum absolute atomic E-state index is 12.7. The molecule has 0 radical (unpaired) electrons. The second-order valence-electron chi connectivity index (χ2n) is 13.5. The van der Waals surface area contributed by atoms with Gasteiger partial charge in [-0.05, 0) is 70.3 Å². The van der Waals surface area contributed by atoms with Crippen LogP contribution < -0.4 is 5.32 Å². The SMILES string of the molecule is CCCCCCCC/C=C\CCCCCCCC(=O)OC(/C=C\CCCCCCCCC)CCCCCCCCC(=O)NCC(=O)O. The highest BCUT2D eigenvalue weighted by Gasteiger charge is 2.11. The third-order valence-corrected chi connectivity index (χ3v) is 8.83. The van der Waals surface area contributed by atoms with Crippen LogP contribution in [0, 0.1) is 0 Å². The Kier molecular flexibility index (Phi) is 35.1. The number of aliphatic carboxylic acids is 1. The van der Waals surface area contributed by atoms with Crippen molar-refractivity contribution in [3.8, 4) is 0 Å². The number of esters is 1. The predicted molar refractivity (Wildman–Crippen MR) is 199 cm³/mol.